The largest absolute Gasteiger partial charge is 0.465 e. The van der Waals surface area contributed by atoms with E-state index in [-0.39, 0.29) is 17.9 Å². The molecule has 0 aromatic carbocycles. The molecule has 1 radical (unpaired) electrons. The van der Waals surface area contributed by atoms with Gasteiger partial charge in [-0.25, -0.2) is 4.79 Å². The molecule has 0 saturated carbocycles. The fourth-order valence-corrected chi connectivity index (χ4v) is 2.75. The third-order valence-corrected chi connectivity index (χ3v) is 3.95. The van der Waals surface area contributed by atoms with Gasteiger partial charge in [0, 0.05) is 6.04 Å². The second kappa shape index (κ2) is 11.5. The monoisotopic (exact) mass is 298 g/mol. The van der Waals surface area contributed by atoms with Crippen molar-refractivity contribution in [2.45, 2.75) is 64.3 Å². The Morgan fingerprint density at radius 3 is 2.81 bits per heavy atom. The Kier molecular flexibility index (Phi) is 9.87. The Hall–Kier alpha value is -1.10. The van der Waals surface area contributed by atoms with Crippen molar-refractivity contribution in [2.24, 2.45) is 5.92 Å². The highest BCUT2D eigenvalue weighted by molar-refractivity contribution is 5.73. The highest BCUT2D eigenvalue weighted by atomic mass is 16.5. The minimum absolute atomic E-state index is 0.0288. The predicted octanol–water partition coefficient (Wildman–Crippen LogP) is 2.34. The van der Waals surface area contributed by atoms with Gasteiger partial charge < -0.3 is 14.8 Å². The molecule has 1 heterocycles. The quantitative estimate of drug-likeness (QED) is 0.468. The number of carbonyl (C=O) groups is 1. The number of rotatable bonds is 11. The molecule has 1 rings (SSSR count). The lowest BCUT2D eigenvalue weighted by atomic mass is 9.88. The molecule has 0 aromatic rings. The molecule has 0 bridgehead atoms. The number of hydrogen-bond acceptors (Lipinski definition) is 5. The maximum Gasteiger partial charge on any atom is 0.417 e. The molecule has 5 heteroatoms. The van der Waals surface area contributed by atoms with Crippen LogP contribution in [0.5, 0.6) is 0 Å². The Morgan fingerprint density at radius 1 is 1.24 bits per heavy atom. The lowest BCUT2D eigenvalue weighted by molar-refractivity contribution is -0.150. The second-order valence-electron chi connectivity index (χ2n) is 5.61. The first-order chi connectivity index (χ1) is 10.3. The number of esters is 1. The number of ether oxygens (including phenoxy) is 2. The van der Waals surface area contributed by atoms with E-state index in [4.69, 9.17) is 4.74 Å². The molecule has 0 aliphatic carbocycles. The van der Waals surface area contributed by atoms with Gasteiger partial charge in [0.25, 0.3) is 0 Å². The van der Waals surface area contributed by atoms with Crippen LogP contribution < -0.4 is 5.32 Å². The first-order valence-electron chi connectivity index (χ1n) is 8.18. The number of unbranched alkanes of at least 4 members (excludes halogenated alkanes) is 3. The van der Waals surface area contributed by atoms with E-state index in [9.17, 15) is 9.59 Å². The van der Waals surface area contributed by atoms with Crippen LogP contribution in [0.15, 0.2) is 0 Å². The van der Waals surface area contributed by atoms with Gasteiger partial charge in [-0.1, -0.05) is 19.8 Å². The van der Waals surface area contributed by atoms with E-state index in [1.54, 1.807) is 0 Å². The maximum atomic E-state index is 12.2. The molecule has 2 atom stereocenters. The summed E-state index contributed by atoms with van der Waals surface area (Å²) in [5, 5.41) is 3.42. The number of nitrogens with one attached hydrogen (secondary N) is 1. The van der Waals surface area contributed by atoms with Gasteiger partial charge in [0.15, 0.2) is 0 Å². The molecule has 0 amide bonds. The zero-order valence-electron chi connectivity index (χ0n) is 13.1. The van der Waals surface area contributed by atoms with Crippen molar-refractivity contribution in [3.05, 3.63) is 0 Å². The summed E-state index contributed by atoms with van der Waals surface area (Å²) in [6.45, 7) is 5.47. The molecule has 121 valence electrons. The lowest BCUT2D eigenvalue weighted by Gasteiger charge is -2.31. The Morgan fingerprint density at radius 2 is 2.05 bits per heavy atom. The third kappa shape index (κ3) is 7.46. The first-order valence-corrected chi connectivity index (χ1v) is 8.18. The minimum atomic E-state index is -0.0548. The SMILES string of the molecule is CCCCCOC(=O)C1CCCNC1CCCCO[C]=O. The van der Waals surface area contributed by atoms with Crippen LogP contribution in [0.2, 0.25) is 0 Å². The molecular formula is C16H28NO4. The normalized spacial score (nSPS) is 21.8. The van der Waals surface area contributed by atoms with Gasteiger partial charge >= 0.3 is 12.4 Å². The van der Waals surface area contributed by atoms with Gasteiger partial charge in [0.05, 0.1) is 19.1 Å². The predicted molar refractivity (Wildman–Crippen MR) is 80.5 cm³/mol. The molecule has 5 nitrogen and oxygen atoms in total. The molecule has 1 aliphatic rings. The van der Waals surface area contributed by atoms with E-state index < -0.39 is 0 Å². The van der Waals surface area contributed by atoms with Crippen molar-refractivity contribution in [1.29, 1.82) is 0 Å². The summed E-state index contributed by atoms with van der Waals surface area (Å²) >= 11 is 0. The second-order valence-corrected chi connectivity index (χ2v) is 5.61. The molecule has 1 N–H and O–H groups in total. The maximum absolute atomic E-state index is 12.2. The van der Waals surface area contributed by atoms with Gasteiger partial charge in [0.1, 0.15) is 0 Å². The number of hydrogen-bond donors (Lipinski definition) is 1. The summed E-state index contributed by atoms with van der Waals surface area (Å²) in [5.74, 6) is -0.0836. The summed E-state index contributed by atoms with van der Waals surface area (Å²) in [6.07, 6.45) is 7.77. The van der Waals surface area contributed by atoms with E-state index >= 15 is 0 Å². The zero-order chi connectivity index (χ0) is 15.3. The van der Waals surface area contributed by atoms with Crippen molar-refractivity contribution in [1.82, 2.24) is 5.32 Å². The summed E-state index contributed by atoms with van der Waals surface area (Å²) in [4.78, 5) is 22.1. The van der Waals surface area contributed by atoms with E-state index in [0.717, 1.165) is 57.9 Å². The van der Waals surface area contributed by atoms with Crippen molar-refractivity contribution in [3.8, 4) is 0 Å². The zero-order valence-corrected chi connectivity index (χ0v) is 13.1. The van der Waals surface area contributed by atoms with Crippen LogP contribution in [-0.2, 0) is 19.1 Å². The Bertz CT molecular complexity index is 296. The van der Waals surface area contributed by atoms with Crippen LogP contribution in [0.1, 0.15) is 58.3 Å². The highest BCUT2D eigenvalue weighted by Gasteiger charge is 2.31. The van der Waals surface area contributed by atoms with Crippen LogP contribution in [0, 0.1) is 5.92 Å². The van der Waals surface area contributed by atoms with Gasteiger partial charge in [-0.2, -0.15) is 0 Å². The molecule has 1 saturated heterocycles. The van der Waals surface area contributed by atoms with Gasteiger partial charge in [-0.05, 0) is 45.1 Å². The summed E-state index contributed by atoms with van der Waals surface area (Å²) < 4.78 is 9.96. The van der Waals surface area contributed by atoms with Crippen LogP contribution in [0.25, 0.3) is 0 Å². The third-order valence-electron chi connectivity index (χ3n) is 3.95. The van der Waals surface area contributed by atoms with E-state index in [2.05, 4.69) is 17.0 Å². The van der Waals surface area contributed by atoms with Crippen molar-refractivity contribution in [2.75, 3.05) is 19.8 Å². The smallest absolute Gasteiger partial charge is 0.417 e. The van der Waals surface area contributed by atoms with Crippen molar-refractivity contribution in [3.63, 3.8) is 0 Å². The standard InChI is InChI=1S/C16H28NO4/c1-2-3-5-12-21-16(19)14-8-7-10-17-15(14)9-4-6-11-20-13-18/h14-15,17H,2-12H2,1H3. The lowest BCUT2D eigenvalue weighted by Crippen LogP contribution is -2.45. The average molecular weight is 298 g/mol. The van der Waals surface area contributed by atoms with Crippen LogP contribution >= 0.6 is 0 Å². The minimum Gasteiger partial charge on any atom is -0.465 e. The highest BCUT2D eigenvalue weighted by Crippen LogP contribution is 2.22. The van der Waals surface area contributed by atoms with E-state index in [1.165, 1.54) is 6.47 Å². The Balaban J connectivity index is 2.27. The van der Waals surface area contributed by atoms with Gasteiger partial charge in [-0.3, -0.25) is 4.79 Å². The first kappa shape index (κ1) is 18.0. The Labute approximate surface area is 127 Å². The average Bonchev–Trinajstić information content (AvgIpc) is 2.51. The number of piperidine rings is 1. The fraction of sp³-hybridized carbons (Fsp3) is 0.875. The van der Waals surface area contributed by atoms with Crippen LogP contribution in [-0.4, -0.2) is 38.2 Å². The van der Waals surface area contributed by atoms with Crippen molar-refractivity contribution < 1.29 is 19.1 Å². The molecule has 0 aromatic heterocycles. The van der Waals surface area contributed by atoms with Gasteiger partial charge in [-0.15, -0.1) is 0 Å². The fourth-order valence-electron chi connectivity index (χ4n) is 2.75. The summed E-state index contributed by atoms with van der Waals surface area (Å²) in [6, 6.07) is 0.192. The van der Waals surface area contributed by atoms with Crippen LogP contribution in [0.3, 0.4) is 0 Å². The van der Waals surface area contributed by atoms with E-state index in [1.807, 2.05) is 0 Å². The molecular weight excluding hydrogens is 270 g/mol. The summed E-state index contributed by atoms with van der Waals surface area (Å²) in [7, 11) is 0. The molecule has 1 aliphatic heterocycles. The van der Waals surface area contributed by atoms with E-state index in [0.29, 0.717) is 13.2 Å². The summed E-state index contributed by atoms with van der Waals surface area (Å²) in [5.41, 5.74) is 0. The molecule has 2 unspecified atom stereocenters. The number of carbonyl (C=O) groups excluding carboxylic acids is 2. The van der Waals surface area contributed by atoms with Gasteiger partial charge in [0.2, 0.25) is 0 Å². The molecule has 21 heavy (non-hydrogen) atoms. The van der Waals surface area contributed by atoms with Crippen LogP contribution in [0.4, 0.5) is 0 Å². The molecule has 1 fully saturated rings. The van der Waals surface area contributed by atoms with Crippen molar-refractivity contribution >= 4 is 12.4 Å². The molecule has 0 spiro atoms. The topological polar surface area (TPSA) is 64.6 Å².